The van der Waals surface area contributed by atoms with Gasteiger partial charge in [-0.25, -0.2) is 18.4 Å². The van der Waals surface area contributed by atoms with E-state index >= 15 is 0 Å². The molecule has 1 atom stereocenters. The summed E-state index contributed by atoms with van der Waals surface area (Å²) < 4.78 is 24.3. The number of nitrogens with one attached hydrogen (secondary N) is 2. The Morgan fingerprint density at radius 2 is 2.08 bits per heavy atom. The van der Waals surface area contributed by atoms with Crippen LogP contribution in [-0.4, -0.2) is 42.7 Å². The summed E-state index contributed by atoms with van der Waals surface area (Å²) in [5, 5.41) is 6.52. The molecule has 0 bridgehead atoms. The molecule has 26 heavy (non-hydrogen) atoms. The van der Waals surface area contributed by atoms with Crippen LogP contribution in [0.1, 0.15) is 41.3 Å². The van der Waals surface area contributed by atoms with E-state index in [0.717, 1.165) is 42.8 Å². The maximum absolute atomic E-state index is 12.1. The van der Waals surface area contributed by atoms with Crippen molar-refractivity contribution >= 4 is 15.8 Å². The molecule has 2 aromatic rings. The van der Waals surface area contributed by atoms with Crippen LogP contribution < -0.4 is 10.6 Å². The lowest BCUT2D eigenvalue weighted by Gasteiger charge is -2.24. The topological polar surface area (TPSA) is 96.9 Å². The summed E-state index contributed by atoms with van der Waals surface area (Å²) in [6.07, 6.45) is 6.41. The van der Waals surface area contributed by atoms with E-state index in [1.54, 1.807) is 0 Å². The lowest BCUT2D eigenvalue weighted by Crippen LogP contribution is -2.30. The zero-order valence-electron chi connectivity index (χ0n) is 15.4. The molecule has 0 aliphatic carbocycles. The summed E-state index contributed by atoms with van der Waals surface area (Å²) in [6, 6.07) is 2.03. The molecule has 2 N–H and O–H groups in total. The fourth-order valence-electron chi connectivity index (χ4n) is 3.22. The van der Waals surface area contributed by atoms with Gasteiger partial charge >= 0.3 is 0 Å². The number of rotatable bonds is 5. The molecule has 0 radical (unpaired) electrons. The van der Waals surface area contributed by atoms with Crippen molar-refractivity contribution in [3.63, 3.8) is 0 Å². The van der Waals surface area contributed by atoms with Crippen LogP contribution in [0.15, 0.2) is 23.4 Å². The quantitative estimate of drug-likeness (QED) is 0.824. The highest BCUT2D eigenvalue weighted by Crippen LogP contribution is 2.28. The number of hydrogen-bond acceptors (Lipinski definition) is 7. The Morgan fingerprint density at radius 3 is 2.73 bits per heavy atom. The first kappa shape index (κ1) is 18.7. The largest absolute Gasteiger partial charge is 0.350 e. The lowest BCUT2D eigenvalue weighted by molar-refractivity contribution is 0.448. The van der Waals surface area contributed by atoms with E-state index in [2.05, 4.69) is 25.6 Å². The number of piperidine rings is 1. The SMILES string of the molecule is Cc1cc(C)c(CNc2ncc(S(C)(=O)=O)c(C3CCCNC3)n2)cn1. The predicted molar refractivity (Wildman–Crippen MR) is 101 cm³/mol. The van der Waals surface area contributed by atoms with Gasteiger partial charge in [-0.1, -0.05) is 0 Å². The molecule has 3 heterocycles. The summed E-state index contributed by atoms with van der Waals surface area (Å²) >= 11 is 0. The number of sulfone groups is 1. The highest BCUT2D eigenvalue weighted by atomic mass is 32.2. The molecule has 0 amide bonds. The number of nitrogens with zero attached hydrogens (tertiary/aromatic N) is 3. The Hall–Kier alpha value is -2.06. The Balaban J connectivity index is 1.86. The number of aromatic nitrogens is 3. The van der Waals surface area contributed by atoms with Gasteiger partial charge in [0.05, 0.1) is 11.9 Å². The van der Waals surface area contributed by atoms with E-state index in [9.17, 15) is 8.42 Å². The molecule has 1 saturated heterocycles. The minimum atomic E-state index is -3.37. The number of hydrogen-bond donors (Lipinski definition) is 2. The molecule has 1 aliphatic rings. The first-order chi connectivity index (χ1) is 12.3. The van der Waals surface area contributed by atoms with Crippen LogP contribution >= 0.6 is 0 Å². The first-order valence-electron chi connectivity index (χ1n) is 8.78. The molecule has 1 aliphatic heterocycles. The molecule has 140 valence electrons. The molecule has 7 nitrogen and oxygen atoms in total. The first-order valence-corrected chi connectivity index (χ1v) is 10.7. The number of pyridine rings is 1. The molecule has 0 saturated carbocycles. The fourth-order valence-corrected chi connectivity index (χ4v) is 4.05. The fraction of sp³-hybridized carbons (Fsp3) is 0.500. The van der Waals surface area contributed by atoms with E-state index in [1.807, 2.05) is 26.1 Å². The van der Waals surface area contributed by atoms with Crippen molar-refractivity contribution in [2.45, 2.75) is 44.0 Å². The van der Waals surface area contributed by atoms with Crippen LogP contribution in [0, 0.1) is 13.8 Å². The summed E-state index contributed by atoms with van der Waals surface area (Å²) in [6.45, 7) is 6.24. The normalized spacial score (nSPS) is 17.9. The zero-order valence-corrected chi connectivity index (χ0v) is 16.2. The summed E-state index contributed by atoms with van der Waals surface area (Å²) in [5.41, 5.74) is 3.80. The molecule has 0 spiro atoms. The smallest absolute Gasteiger partial charge is 0.223 e. The van der Waals surface area contributed by atoms with Crippen LogP contribution in [0.2, 0.25) is 0 Å². The molecular weight excluding hydrogens is 350 g/mol. The highest BCUT2D eigenvalue weighted by molar-refractivity contribution is 7.90. The van der Waals surface area contributed by atoms with E-state index in [4.69, 9.17) is 0 Å². The predicted octanol–water partition coefficient (Wildman–Crippen LogP) is 1.97. The van der Waals surface area contributed by atoms with Gasteiger partial charge in [-0.2, -0.15) is 0 Å². The monoisotopic (exact) mass is 375 g/mol. The Bertz CT molecular complexity index is 892. The third-order valence-corrected chi connectivity index (χ3v) is 5.77. The van der Waals surface area contributed by atoms with E-state index in [1.165, 1.54) is 12.5 Å². The standard InChI is InChI=1S/C18H25N5O2S/c1-12-7-13(2)20-9-15(12)10-21-18-22-11-16(26(3,24)25)17(23-18)14-5-4-6-19-8-14/h7,9,11,14,19H,4-6,8,10H2,1-3H3,(H,21,22,23). The van der Waals surface area contributed by atoms with Gasteiger partial charge in [0.1, 0.15) is 4.90 Å². The van der Waals surface area contributed by atoms with Gasteiger partial charge in [0.2, 0.25) is 5.95 Å². The Kier molecular flexibility index (Phi) is 5.52. The highest BCUT2D eigenvalue weighted by Gasteiger charge is 2.25. The summed E-state index contributed by atoms with van der Waals surface area (Å²) in [4.78, 5) is 13.3. The number of aryl methyl sites for hydroxylation is 2. The second kappa shape index (κ2) is 7.67. The van der Waals surface area contributed by atoms with Gasteiger partial charge in [0, 0.05) is 37.2 Å². The molecule has 1 unspecified atom stereocenters. The molecule has 1 fully saturated rings. The number of anilines is 1. The maximum Gasteiger partial charge on any atom is 0.223 e. The van der Waals surface area contributed by atoms with Crippen molar-refractivity contribution in [3.05, 3.63) is 41.0 Å². The molecule has 8 heteroatoms. The second-order valence-electron chi connectivity index (χ2n) is 6.86. The third-order valence-electron chi connectivity index (χ3n) is 4.66. The van der Waals surface area contributed by atoms with Crippen molar-refractivity contribution in [1.29, 1.82) is 0 Å². The van der Waals surface area contributed by atoms with Crippen molar-refractivity contribution < 1.29 is 8.42 Å². The average Bonchev–Trinajstić information content (AvgIpc) is 2.61. The van der Waals surface area contributed by atoms with Crippen molar-refractivity contribution in [1.82, 2.24) is 20.3 Å². The van der Waals surface area contributed by atoms with Gasteiger partial charge in [-0.15, -0.1) is 0 Å². The van der Waals surface area contributed by atoms with Crippen LogP contribution in [0.3, 0.4) is 0 Å². The summed E-state index contributed by atoms with van der Waals surface area (Å²) in [5.74, 6) is 0.526. The van der Waals surface area contributed by atoms with Gasteiger partial charge in [-0.05, 0) is 50.4 Å². The Morgan fingerprint density at radius 1 is 1.27 bits per heavy atom. The lowest BCUT2D eigenvalue weighted by atomic mass is 9.96. The van der Waals surface area contributed by atoms with Crippen molar-refractivity contribution in [2.24, 2.45) is 0 Å². The maximum atomic E-state index is 12.1. The van der Waals surface area contributed by atoms with Gasteiger partial charge in [0.15, 0.2) is 9.84 Å². The minimum Gasteiger partial charge on any atom is -0.350 e. The van der Waals surface area contributed by atoms with Gasteiger partial charge < -0.3 is 10.6 Å². The van der Waals surface area contributed by atoms with Crippen molar-refractivity contribution in [3.8, 4) is 0 Å². The van der Waals surface area contributed by atoms with Crippen LogP contribution in [0.25, 0.3) is 0 Å². The Labute approximate surface area is 154 Å². The van der Waals surface area contributed by atoms with Crippen molar-refractivity contribution in [2.75, 3.05) is 24.7 Å². The van der Waals surface area contributed by atoms with Crippen LogP contribution in [0.4, 0.5) is 5.95 Å². The zero-order chi connectivity index (χ0) is 18.7. The summed E-state index contributed by atoms with van der Waals surface area (Å²) in [7, 11) is -3.37. The van der Waals surface area contributed by atoms with Gasteiger partial charge in [-0.3, -0.25) is 4.98 Å². The average molecular weight is 375 g/mol. The van der Waals surface area contributed by atoms with Crippen LogP contribution in [-0.2, 0) is 16.4 Å². The third kappa shape index (κ3) is 4.37. The van der Waals surface area contributed by atoms with E-state index in [-0.39, 0.29) is 10.8 Å². The molecule has 0 aromatic carbocycles. The van der Waals surface area contributed by atoms with Gasteiger partial charge in [0.25, 0.3) is 0 Å². The van der Waals surface area contributed by atoms with Crippen LogP contribution in [0.5, 0.6) is 0 Å². The molecule has 2 aromatic heterocycles. The minimum absolute atomic E-state index is 0.0832. The molecular formula is C18H25N5O2S. The second-order valence-corrected chi connectivity index (χ2v) is 8.85. The van der Waals surface area contributed by atoms with E-state index in [0.29, 0.717) is 18.2 Å². The van der Waals surface area contributed by atoms with E-state index < -0.39 is 9.84 Å². The molecule has 3 rings (SSSR count).